The molecule has 0 aliphatic rings. The zero-order valence-electron chi connectivity index (χ0n) is 16.7. The molecule has 4 aromatic rings. The van der Waals surface area contributed by atoms with Crippen molar-refractivity contribution in [1.29, 1.82) is 0 Å². The molecule has 0 radical (unpaired) electrons. The Labute approximate surface area is 177 Å². The first-order valence-electron chi connectivity index (χ1n) is 9.68. The lowest BCUT2D eigenvalue weighted by molar-refractivity contribution is -0.385. The van der Waals surface area contributed by atoms with E-state index in [1.54, 1.807) is 47.0 Å². The van der Waals surface area contributed by atoms with E-state index in [2.05, 4.69) is 4.98 Å². The molecule has 31 heavy (non-hydrogen) atoms. The molecule has 0 atom stereocenters. The average molecular weight is 417 g/mol. The molecule has 0 aliphatic heterocycles. The lowest BCUT2D eigenvalue weighted by Crippen LogP contribution is -2.17. The summed E-state index contributed by atoms with van der Waals surface area (Å²) in [4.78, 5) is 27.0. The number of hydrogen-bond acceptors (Lipinski definition) is 6. The van der Waals surface area contributed by atoms with E-state index in [9.17, 15) is 14.9 Å². The highest BCUT2D eigenvalue weighted by molar-refractivity contribution is 5.74. The van der Waals surface area contributed by atoms with Crippen LogP contribution in [0.3, 0.4) is 0 Å². The largest absolute Gasteiger partial charge is 0.482 e. The number of nitro groups is 1. The average Bonchev–Trinajstić information content (AvgIpc) is 3.21. The van der Waals surface area contributed by atoms with Crippen LogP contribution in [0, 0.1) is 10.1 Å². The number of aryl methyl sites for hydroxylation is 1. The molecule has 0 spiro atoms. The summed E-state index contributed by atoms with van der Waals surface area (Å²) in [6.45, 7) is 1.85. The number of imidazole rings is 1. The normalized spacial score (nSPS) is 10.7. The van der Waals surface area contributed by atoms with Gasteiger partial charge in [-0.2, -0.15) is 0 Å². The number of carbonyl (C=O) groups excluding carboxylic acids is 1. The molecule has 8 heteroatoms. The van der Waals surface area contributed by atoms with E-state index in [1.807, 2.05) is 25.1 Å². The number of esters is 1. The van der Waals surface area contributed by atoms with Crippen molar-refractivity contribution in [1.82, 2.24) is 9.38 Å². The topological polar surface area (TPSA) is 96.0 Å². The number of carbonyl (C=O) groups is 1. The van der Waals surface area contributed by atoms with Gasteiger partial charge in [0.2, 0.25) is 0 Å². The van der Waals surface area contributed by atoms with Crippen LogP contribution in [0.25, 0.3) is 16.9 Å². The van der Waals surface area contributed by atoms with Gasteiger partial charge in [-0.15, -0.1) is 0 Å². The van der Waals surface area contributed by atoms with Crippen molar-refractivity contribution < 1.29 is 19.2 Å². The highest BCUT2D eigenvalue weighted by Crippen LogP contribution is 2.24. The highest BCUT2D eigenvalue weighted by Gasteiger charge is 2.11. The van der Waals surface area contributed by atoms with Crippen molar-refractivity contribution in [3.63, 3.8) is 0 Å². The molecule has 0 amide bonds. The van der Waals surface area contributed by atoms with Crippen LogP contribution in [0.4, 0.5) is 5.69 Å². The molecule has 8 nitrogen and oxygen atoms in total. The van der Waals surface area contributed by atoms with E-state index >= 15 is 0 Å². The number of fused-ring (bicyclic) bond motifs is 1. The van der Waals surface area contributed by atoms with Gasteiger partial charge in [0.1, 0.15) is 17.1 Å². The summed E-state index contributed by atoms with van der Waals surface area (Å²) in [6, 6.07) is 17.4. The quantitative estimate of drug-likeness (QED) is 0.191. The molecule has 2 aromatic heterocycles. The van der Waals surface area contributed by atoms with Crippen LogP contribution in [-0.2, 0) is 11.2 Å². The molecule has 4 rings (SSSR count). The Balaban J connectivity index is 1.40. The fourth-order valence-corrected chi connectivity index (χ4v) is 3.08. The maximum atomic E-state index is 12.1. The molecule has 0 aliphatic carbocycles. The summed E-state index contributed by atoms with van der Waals surface area (Å²) in [5.41, 5.74) is 3.15. The summed E-state index contributed by atoms with van der Waals surface area (Å²) >= 11 is 0. The van der Waals surface area contributed by atoms with E-state index in [4.69, 9.17) is 9.47 Å². The Kier molecular flexibility index (Phi) is 5.61. The third-order valence-corrected chi connectivity index (χ3v) is 4.69. The summed E-state index contributed by atoms with van der Waals surface area (Å²) in [5.74, 6) is 0.507. The Morgan fingerprint density at radius 3 is 2.61 bits per heavy atom. The number of aromatic nitrogens is 2. The Morgan fingerprint density at radius 1 is 1.06 bits per heavy atom. The predicted octanol–water partition coefficient (Wildman–Crippen LogP) is 4.46. The van der Waals surface area contributed by atoms with Crippen molar-refractivity contribution in [2.75, 3.05) is 6.61 Å². The minimum atomic E-state index is -0.505. The van der Waals surface area contributed by atoms with E-state index in [1.165, 1.54) is 12.3 Å². The van der Waals surface area contributed by atoms with Gasteiger partial charge >= 0.3 is 5.97 Å². The number of hydrogen-bond donors (Lipinski definition) is 0. The van der Waals surface area contributed by atoms with Crippen molar-refractivity contribution in [3.05, 3.63) is 88.7 Å². The standard InChI is InChI=1S/C23H19N3O5/c1-2-16-4-3-5-20(12-16)30-15-23(27)31-19-9-6-17(7-10-19)21-14-25-13-18(26(28)29)8-11-22(25)24-21/h3-14H,2,15H2,1H3. The lowest BCUT2D eigenvalue weighted by atomic mass is 10.2. The van der Waals surface area contributed by atoms with Gasteiger partial charge in [-0.25, -0.2) is 9.78 Å². The van der Waals surface area contributed by atoms with Gasteiger partial charge in [-0.05, 0) is 54.4 Å². The van der Waals surface area contributed by atoms with Crippen LogP contribution in [0.5, 0.6) is 11.5 Å². The zero-order valence-corrected chi connectivity index (χ0v) is 16.7. The Morgan fingerprint density at radius 2 is 1.87 bits per heavy atom. The van der Waals surface area contributed by atoms with Crippen molar-refractivity contribution >= 4 is 17.3 Å². The van der Waals surface area contributed by atoms with Crippen molar-refractivity contribution in [3.8, 4) is 22.8 Å². The number of benzene rings is 2. The first kappa shape index (κ1) is 20.1. The molecule has 156 valence electrons. The molecule has 2 aromatic carbocycles. The van der Waals surface area contributed by atoms with Gasteiger partial charge in [0.25, 0.3) is 5.69 Å². The SMILES string of the molecule is CCc1cccc(OCC(=O)Oc2ccc(-c3cn4cc([N+](=O)[O-])ccc4n3)cc2)c1. The van der Waals surface area contributed by atoms with Crippen LogP contribution < -0.4 is 9.47 Å². The fraction of sp³-hybridized carbons (Fsp3) is 0.130. The van der Waals surface area contributed by atoms with Crippen LogP contribution in [-0.4, -0.2) is 26.9 Å². The molecular weight excluding hydrogens is 398 g/mol. The number of rotatable bonds is 7. The minimum Gasteiger partial charge on any atom is -0.482 e. The summed E-state index contributed by atoms with van der Waals surface area (Å²) in [5, 5.41) is 10.9. The van der Waals surface area contributed by atoms with E-state index in [0.717, 1.165) is 17.5 Å². The smallest absolute Gasteiger partial charge is 0.349 e. The highest BCUT2D eigenvalue weighted by atomic mass is 16.6. The molecule has 0 N–H and O–H groups in total. The van der Waals surface area contributed by atoms with E-state index in [0.29, 0.717) is 22.8 Å². The van der Waals surface area contributed by atoms with Crippen LogP contribution in [0.2, 0.25) is 0 Å². The molecule has 0 saturated heterocycles. The van der Waals surface area contributed by atoms with Gasteiger partial charge in [0.05, 0.1) is 16.8 Å². The second kappa shape index (κ2) is 8.66. The second-order valence-corrected chi connectivity index (χ2v) is 6.82. The van der Waals surface area contributed by atoms with Gasteiger partial charge < -0.3 is 9.47 Å². The van der Waals surface area contributed by atoms with E-state index in [-0.39, 0.29) is 12.3 Å². The van der Waals surface area contributed by atoms with Gasteiger partial charge in [-0.1, -0.05) is 19.1 Å². The Bertz CT molecular complexity index is 1250. The molecular formula is C23H19N3O5. The van der Waals surface area contributed by atoms with Crippen molar-refractivity contribution in [2.45, 2.75) is 13.3 Å². The van der Waals surface area contributed by atoms with Crippen LogP contribution in [0.15, 0.2) is 73.1 Å². The monoisotopic (exact) mass is 417 g/mol. The maximum Gasteiger partial charge on any atom is 0.349 e. The molecule has 0 bridgehead atoms. The van der Waals surface area contributed by atoms with Gasteiger partial charge in [0.15, 0.2) is 6.61 Å². The molecule has 2 heterocycles. The van der Waals surface area contributed by atoms with Crippen molar-refractivity contribution in [2.24, 2.45) is 0 Å². The number of nitrogens with zero attached hydrogens (tertiary/aromatic N) is 3. The molecule has 0 unspecified atom stereocenters. The van der Waals surface area contributed by atoms with Gasteiger partial charge in [-0.3, -0.25) is 14.5 Å². The third kappa shape index (κ3) is 4.69. The first-order valence-corrected chi connectivity index (χ1v) is 9.68. The third-order valence-electron chi connectivity index (χ3n) is 4.69. The van der Waals surface area contributed by atoms with Gasteiger partial charge in [0, 0.05) is 17.8 Å². The minimum absolute atomic E-state index is 0.0117. The molecule has 0 fully saturated rings. The van der Waals surface area contributed by atoms with E-state index < -0.39 is 10.9 Å². The zero-order chi connectivity index (χ0) is 21.8. The Hall–Kier alpha value is -4.20. The lowest BCUT2D eigenvalue weighted by Gasteiger charge is -2.08. The summed E-state index contributed by atoms with van der Waals surface area (Å²) in [6.07, 6.45) is 4.01. The summed E-state index contributed by atoms with van der Waals surface area (Å²) < 4.78 is 12.4. The van der Waals surface area contributed by atoms with Crippen LogP contribution in [0.1, 0.15) is 12.5 Å². The summed E-state index contributed by atoms with van der Waals surface area (Å²) in [7, 11) is 0. The maximum absolute atomic E-state index is 12.1. The predicted molar refractivity (Wildman–Crippen MR) is 114 cm³/mol. The number of ether oxygens (including phenoxy) is 2. The first-order chi connectivity index (χ1) is 15.0. The van der Waals surface area contributed by atoms with Crippen LogP contribution >= 0.6 is 0 Å². The number of pyridine rings is 1. The molecule has 0 saturated carbocycles. The fourth-order valence-electron chi connectivity index (χ4n) is 3.08. The second-order valence-electron chi connectivity index (χ2n) is 6.82.